The van der Waals surface area contributed by atoms with Crippen molar-refractivity contribution in [3.8, 4) is 0 Å². The summed E-state index contributed by atoms with van der Waals surface area (Å²) in [5.41, 5.74) is 6.88. The summed E-state index contributed by atoms with van der Waals surface area (Å²) in [6.45, 7) is 2.09. The van der Waals surface area contributed by atoms with E-state index >= 15 is 0 Å². The molecular weight excluding hydrogens is 245 g/mol. The normalized spacial score (nSPS) is 12.6. The molecule has 0 spiro atoms. The Morgan fingerprint density at radius 3 is 2.74 bits per heavy atom. The van der Waals surface area contributed by atoms with Gasteiger partial charge in [-0.2, -0.15) is 4.98 Å². The summed E-state index contributed by atoms with van der Waals surface area (Å²) >= 11 is 0. The van der Waals surface area contributed by atoms with E-state index in [9.17, 15) is 4.39 Å². The minimum absolute atomic E-state index is 0.0594. The molecule has 0 fully saturated rings. The van der Waals surface area contributed by atoms with Crippen LogP contribution in [-0.4, -0.2) is 16.2 Å². The van der Waals surface area contributed by atoms with Crippen LogP contribution < -0.4 is 5.73 Å². The number of nitrogens with zero attached hydrogens (tertiary/aromatic N) is 2. The molecule has 2 rings (SSSR count). The van der Waals surface area contributed by atoms with Crippen LogP contribution in [0.2, 0.25) is 0 Å². The minimum Gasteiger partial charge on any atom is -0.339 e. The fourth-order valence-electron chi connectivity index (χ4n) is 1.93. The van der Waals surface area contributed by atoms with E-state index in [1.54, 1.807) is 12.1 Å². The average molecular weight is 263 g/mol. The predicted octanol–water partition coefficient (Wildman–Crippen LogP) is 2.47. The van der Waals surface area contributed by atoms with Gasteiger partial charge in [-0.3, -0.25) is 0 Å². The van der Waals surface area contributed by atoms with Crippen molar-refractivity contribution in [1.29, 1.82) is 0 Å². The van der Waals surface area contributed by atoms with Crippen molar-refractivity contribution in [2.75, 3.05) is 0 Å². The third kappa shape index (κ3) is 4.13. The number of nitrogens with two attached hydrogens (primary N) is 1. The molecule has 1 heterocycles. The number of hydrogen-bond acceptors (Lipinski definition) is 4. The number of halogens is 1. The number of hydrogen-bond donors (Lipinski definition) is 1. The van der Waals surface area contributed by atoms with Gasteiger partial charge in [0.2, 0.25) is 5.89 Å². The Hall–Kier alpha value is -1.75. The second-order valence-corrected chi connectivity index (χ2v) is 4.66. The van der Waals surface area contributed by atoms with E-state index in [2.05, 4.69) is 17.1 Å². The van der Waals surface area contributed by atoms with Crippen LogP contribution in [0, 0.1) is 5.82 Å². The molecule has 1 unspecified atom stereocenters. The van der Waals surface area contributed by atoms with Crippen molar-refractivity contribution in [2.24, 2.45) is 5.73 Å². The van der Waals surface area contributed by atoms with Crippen LogP contribution >= 0.6 is 0 Å². The van der Waals surface area contributed by atoms with E-state index in [0.717, 1.165) is 18.4 Å². The van der Waals surface area contributed by atoms with Crippen LogP contribution in [0.25, 0.3) is 0 Å². The van der Waals surface area contributed by atoms with Crippen LogP contribution in [0.4, 0.5) is 4.39 Å². The first kappa shape index (κ1) is 13.7. The average Bonchev–Trinajstić information content (AvgIpc) is 2.80. The molecule has 0 aliphatic rings. The lowest BCUT2D eigenvalue weighted by atomic mass is 10.1. The monoisotopic (exact) mass is 263 g/mol. The summed E-state index contributed by atoms with van der Waals surface area (Å²) in [4.78, 5) is 4.30. The summed E-state index contributed by atoms with van der Waals surface area (Å²) < 4.78 is 17.9. The molecule has 2 N–H and O–H groups in total. The zero-order chi connectivity index (χ0) is 13.7. The van der Waals surface area contributed by atoms with Crippen molar-refractivity contribution < 1.29 is 8.91 Å². The Labute approximate surface area is 111 Å². The first-order chi connectivity index (χ1) is 9.17. The van der Waals surface area contributed by atoms with Gasteiger partial charge in [-0.1, -0.05) is 30.6 Å². The molecule has 0 aliphatic carbocycles. The second kappa shape index (κ2) is 6.43. The lowest BCUT2D eigenvalue weighted by Gasteiger charge is -2.05. The van der Waals surface area contributed by atoms with Gasteiger partial charge >= 0.3 is 0 Å². The Bertz CT molecular complexity index is 510. The van der Waals surface area contributed by atoms with Gasteiger partial charge in [-0.05, 0) is 24.1 Å². The van der Waals surface area contributed by atoms with Crippen LogP contribution in [0.1, 0.15) is 37.0 Å². The molecule has 19 heavy (non-hydrogen) atoms. The maximum atomic E-state index is 12.8. The Morgan fingerprint density at radius 2 is 2.05 bits per heavy atom. The van der Waals surface area contributed by atoms with Crippen molar-refractivity contribution in [3.63, 3.8) is 0 Å². The predicted molar refractivity (Wildman–Crippen MR) is 70.1 cm³/mol. The molecule has 1 aromatic heterocycles. The summed E-state index contributed by atoms with van der Waals surface area (Å²) in [6.07, 6.45) is 3.12. The summed E-state index contributed by atoms with van der Waals surface area (Å²) in [6, 6.07) is 6.34. The van der Waals surface area contributed by atoms with Gasteiger partial charge < -0.3 is 10.3 Å². The van der Waals surface area contributed by atoms with Crippen LogP contribution in [0.5, 0.6) is 0 Å². The zero-order valence-electron chi connectivity index (χ0n) is 11.0. The maximum Gasteiger partial charge on any atom is 0.228 e. The highest BCUT2D eigenvalue weighted by atomic mass is 19.1. The number of aromatic nitrogens is 2. The molecule has 0 saturated carbocycles. The van der Waals surface area contributed by atoms with Crippen molar-refractivity contribution in [1.82, 2.24) is 10.1 Å². The van der Waals surface area contributed by atoms with E-state index in [4.69, 9.17) is 10.3 Å². The molecule has 5 heteroatoms. The standard InChI is InChI=1S/C14H18FN3O/c1-2-3-12(16)9-14-17-13(18-19-14)8-10-4-6-11(15)7-5-10/h4-7,12H,2-3,8-9,16H2,1H3. The SMILES string of the molecule is CCCC(N)Cc1nc(Cc2ccc(F)cc2)no1. The highest BCUT2D eigenvalue weighted by Gasteiger charge is 2.11. The topological polar surface area (TPSA) is 64.9 Å². The zero-order valence-corrected chi connectivity index (χ0v) is 11.0. The molecule has 1 atom stereocenters. The third-order valence-electron chi connectivity index (χ3n) is 2.88. The van der Waals surface area contributed by atoms with E-state index in [1.165, 1.54) is 12.1 Å². The van der Waals surface area contributed by atoms with E-state index in [1.807, 2.05) is 0 Å². The van der Waals surface area contributed by atoms with Gasteiger partial charge in [-0.15, -0.1) is 0 Å². The molecule has 0 saturated heterocycles. The van der Waals surface area contributed by atoms with Gasteiger partial charge in [0.25, 0.3) is 0 Å². The van der Waals surface area contributed by atoms with Crippen molar-refractivity contribution in [3.05, 3.63) is 47.4 Å². The molecule has 2 aromatic rings. The fraction of sp³-hybridized carbons (Fsp3) is 0.429. The Morgan fingerprint density at radius 1 is 1.32 bits per heavy atom. The summed E-state index contributed by atoms with van der Waals surface area (Å²) in [5, 5.41) is 3.91. The van der Waals surface area contributed by atoms with Gasteiger partial charge in [-0.25, -0.2) is 4.39 Å². The van der Waals surface area contributed by atoms with E-state index in [0.29, 0.717) is 24.6 Å². The first-order valence-electron chi connectivity index (χ1n) is 6.49. The van der Waals surface area contributed by atoms with Crippen molar-refractivity contribution in [2.45, 2.75) is 38.6 Å². The number of rotatable bonds is 6. The lowest BCUT2D eigenvalue weighted by molar-refractivity contribution is 0.361. The largest absolute Gasteiger partial charge is 0.339 e. The molecule has 0 amide bonds. The Balaban J connectivity index is 1.95. The molecular formula is C14H18FN3O. The van der Waals surface area contributed by atoms with Gasteiger partial charge in [0.15, 0.2) is 5.82 Å². The van der Waals surface area contributed by atoms with E-state index in [-0.39, 0.29) is 11.9 Å². The molecule has 0 aliphatic heterocycles. The highest BCUT2D eigenvalue weighted by molar-refractivity contribution is 5.19. The molecule has 1 aromatic carbocycles. The molecule has 4 nitrogen and oxygen atoms in total. The van der Waals surface area contributed by atoms with Crippen LogP contribution in [-0.2, 0) is 12.8 Å². The third-order valence-corrected chi connectivity index (χ3v) is 2.88. The maximum absolute atomic E-state index is 12.8. The fourth-order valence-corrected chi connectivity index (χ4v) is 1.93. The van der Waals surface area contributed by atoms with Gasteiger partial charge in [0.1, 0.15) is 5.82 Å². The lowest BCUT2D eigenvalue weighted by Crippen LogP contribution is -2.22. The molecule has 0 radical (unpaired) electrons. The van der Waals surface area contributed by atoms with Gasteiger partial charge in [0, 0.05) is 18.9 Å². The van der Waals surface area contributed by atoms with Crippen LogP contribution in [0.3, 0.4) is 0 Å². The molecule has 0 bridgehead atoms. The first-order valence-corrected chi connectivity index (χ1v) is 6.49. The highest BCUT2D eigenvalue weighted by Crippen LogP contribution is 2.09. The van der Waals surface area contributed by atoms with Crippen LogP contribution in [0.15, 0.2) is 28.8 Å². The smallest absolute Gasteiger partial charge is 0.228 e. The summed E-state index contributed by atoms with van der Waals surface area (Å²) in [7, 11) is 0. The Kier molecular flexibility index (Phi) is 4.63. The van der Waals surface area contributed by atoms with E-state index < -0.39 is 0 Å². The van der Waals surface area contributed by atoms with Gasteiger partial charge in [0.05, 0.1) is 0 Å². The molecule has 102 valence electrons. The quantitative estimate of drug-likeness (QED) is 0.869. The van der Waals surface area contributed by atoms with Crippen molar-refractivity contribution >= 4 is 0 Å². The minimum atomic E-state index is -0.247. The second-order valence-electron chi connectivity index (χ2n) is 4.66. The number of benzene rings is 1. The summed E-state index contributed by atoms with van der Waals surface area (Å²) in [5.74, 6) is 0.923.